The number of thiazole rings is 1. The minimum atomic E-state index is 0. The predicted molar refractivity (Wildman–Crippen MR) is 129 cm³/mol. The van der Waals surface area contributed by atoms with Crippen molar-refractivity contribution in [2.45, 2.75) is 26.9 Å². The summed E-state index contributed by atoms with van der Waals surface area (Å²) >= 11 is 1.68. The van der Waals surface area contributed by atoms with E-state index in [0.717, 1.165) is 47.6 Å². The van der Waals surface area contributed by atoms with Crippen molar-refractivity contribution in [2.24, 2.45) is 4.99 Å². The van der Waals surface area contributed by atoms with Gasteiger partial charge in [0.15, 0.2) is 5.96 Å². The fraction of sp³-hybridized carbons (Fsp3) is 0.500. The SMILES string of the molecule is CCNC(=NCc1cccc(OCCN(C)C)c1)N(C)Cc1csc(C)n1.I. The van der Waals surface area contributed by atoms with Crippen molar-refractivity contribution >= 4 is 41.3 Å². The zero-order chi connectivity index (χ0) is 19.6. The fourth-order valence-corrected chi connectivity index (χ4v) is 3.12. The van der Waals surface area contributed by atoms with Crippen LogP contribution in [0.25, 0.3) is 0 Å². The second kappa shape index (κ2) is 12.9. The normalized spacial score (nSPS) is 11.3. The summed E-state index contributed by atoms with van der Waals surface area (Å²) in [7, 11) is 6.12. The summed E-state index contributed by atoms with van der Waals surface area (Å²) in [6.45, 7) is 7.85. The van der Waals surface area contributed by atoms with E-state index < -0.39 is 0 Å². The molecule has 156 valence electrons. The minimum Gasteiger partial charge on any atom is -0.492 e. The molecular weight excluding hydrogens is 485 g/mol. The van der Waals surface area contributed by atoms with Crippen molar-refractivity contribution in [3.8, 4) is 5.75 Å². The van der Waals surface area contributed by atoms with Crippen molar-refractivity contribution in [1.29, 1.82) is 0 Å². The van der Waals surface area contributed by atoms with Crippen molar-refractivity contribution in [3.63, 3.8) is 0 Å². The quantitative estimate of drug-likeness (QED) is 0.313. The number of nitrogens with one attached hydrogen (secondary N) is 1. The number of ether oxygens (including phenoxy) is 1. The van der Waals surface area contributed by atoms with Crippen LogP contribution in [-0.4, -0.2) is 61.6 Å². The van der Waals surface area contributed by atoms with E-state index in [2.05, 4.69) is 44.5 Å². The standard InChI is InChI=1S/C20H31N5OS.HI/c1-6-21-20(25(5)14-18-15-27-16(2)23-18)22-13-17-8-7-9-19(12-17)26-11-10-24(3)4;/h7-9,12,15H,6,10-11,13-14H2,1-5H3,(H,21,22);1H. The van der Waals surface area contributed by atoms with E-state index in [1.807, 2.05) is 40.2 Å². The Labute approximate surface area is 190 Å². The van der Waals surface area contributed by atoms with E-state index in [0.29, 0.717) is 13.2 Å². The molecule has 8 heteroatoms. The van der Waals surface area contributed by atoms with E-state index in [9.17, 15) is 0 Å². The number of aliphatic imine (C=N–C) groups is 1. The van der Waals surface area contributed by atoms with Gasteiger partial charge in [-0.3, -0.25) is 0 Å². The van der Waals surface area contributed by atoms with E-state index in [4.69, 9.17) is 9.73 Å². The van der Waals surface area contributed by atoms with Crippen molar-refractivity contribution in [3.05, 3.63) is 45.9 Å². The molecule has 0 aliphatic heterocycles. The molecule has 2 aromatic rings. The molecule has 0 saturated heterocycles. The Morgan fingerprint density at radius 1 is 1.29 bits per heavy atom. The summed E-state index contributed by atoms with van der Waals surface area (Å²) < 4.78 is 5.82. The zero-order valence-electron chi connectivity index (χ0n) is 17.4. The number of aromatic nitrogens is 1. The lowest BCUT2D eigenvalue weighted by molar-refractivity contribution is 0.261. The summed E-state index contributed by atoms with van der Waals surface area (Å²) in [6.07, 6.45) is 0. The third-order valence-electron chi connectivity index (χ3n) is 3.88. The maximum absolute atomic E-state index is 5.82. The Morgan fingerprint density at radius 3 is 2.71 bits per heavy atom. The Balaban J connectivity index is 0.00000392. The van der Waals surface area contributed by atoms with Gasteiger partial charge in [0, 0.05) is 25.5 Å². The van der Waals surface area contributed by atoms with Crippen LogP contribution in [0.15, 0.2) is 34.6 Å². The first-order valence-corrected chi connectivity index (χ1v) is 10.1. The molecule has 1 aromatic carbocycles. The van der Waals surface area contributed by atoms with Gasteiger partial charge in [-0.05, 0) is 45.6 Å². The average molecular weight is 517 g/mol. The molecule has 0 saturated carbocycles. The highest BCUT2D eigenvalue weighted by Crippen LogP contribution is 2.15. The van der Waals surface area contributed by atoms with Crippen molar-refractivity contribution in [1.82, 2.24) is 20.1 Å². The molecule has 1 N–H and O–H groups in total. The topological polar surface area (TPSA) is 53.0 Å². The van der Waals surface area contributed by atoms with Gasteiger partial charge in [-0.2, -0.15) is 0 Å². The van der Waals surface area contributed by atoms with Gasteiger partial charge in [-0.15, -0.1) is 35.3 Å². The molecule has 1 heterocycles. The third kappa shape index (κ3) is 8.74. The Kier molecular flexibility index (Phi) is 11.4. The van der Waals surface area contributed by atoms with Gasteiger partial charge in [0.05, 0.1) is 23.8 Å². The Bertz CT molecular complexity index is 735. The number of guanidine groups is 1. The van der Waals surface area contributed by atoms with Gasteiger partial charge in [0.25, 0.3) is 0 Å². The highest BCUT2D eigenvalue weighted by atomic mass is 127. The van der Waals surface area contributed by atoms with Crippen LogP contribution >= 0.6 is 35.3 Å². The number of benzene rings is 1. The molecule has 0 atom stereocenters. The molecule has 1 aromatic heterocycles. The van der Waals surface area contributed by atoms with Crippen molar-refractivity contribution < 1.29 is 4.74 Å². The van der Waals surface area contributed by atoms with Gasteiger partial charge >= 0.3 is 0 Å². The van der Waals surface area contributed by atoms with Crippen LogP contribution in [-0.2, 0) is 13.1 Å². The maximum atomic E-state index is 5.82. The zero-order valence-corrected chi connectivity index (χ0v) is 20.6. The van der Waals surface area contributed by atoms with Crippen LogP contribution in [0.2, 0.25) is 0 Å². The molecule has 28 heavy (non-hydrogen) atoms. The van der Waals surface area contributed by atoms with E-state index in [-0.39, 0.29) is 24.0 Å². The largest absolute Gasteiger partial charge is 0.492 e. The summed E-state index contributed by atoms with van der Waals surface area (Å²) in [5.74, 6) is 1.77. The number of halogens is 1. The molecule has 0 radical (unpaired) electrons. The number of rotatable bonds is 9. The van der Waals surface area contributed by atoms with Crippen LogP contribution in [0.1, 0.15) is 23.2 Å². The molecule has 0 amide bonds. The van der Waals surface area contributed by atoms with E-state index >= 15 is 0 Å². The van der Waals surface area contributed by atoms with Crippen LogP contribution in [0.3, 0.4) is 0 Å². The molecular formula is C20H32IN5OS. The van der Waals surface area contributed by atoms with Crippen LogP contribution in [0, 0.1) is 6.92 Å². The monoisotopic (exact) mass is 517 g/mol. The number of nitrogens with zero attached hydrogens (tertiary/aromatic N) is 4. The molecule has 0 aliphatic carbocycles. The summed E-state index contributed by atoms with van der Waals surface area (Å²) in [4.78, 5) is 13.5. The second-order valence-corrected chi connectivity index (χ2v) is 7.75. The number of likely N-dealkylation sites (N-methyl/N-ethyl adjacent to an activating group) is 1. The van der Waals surface area contributed by atoms with E-state index in [1.165, 1.54) is 0 Å². The summed E-state index contributed by atoms with van der Waals surface area (Å²) in [5.41, 5.74) is 2.20. The molecule has 0 spiro atoms. The first-order chi connectivity index (χ1) is 13.0. The number of aryl methyl sites for hydroxylation is 1. The molecule has 0 fully saturated rings. The Hall–Kier alpha value is -1.39. The second-order valence-electron chi connectivity index (χ2n) is 6.68. The predicted octanol–water partition coefficient (Wildman–Crippen LogP) is 3.61. The van der Waals surface area contributed by atoms with Gasteiger partial charge < -0.3 is 19.9 Å². The first-order valence-electron chi connectivity index (χ1n) is 9.25. The third-order valence-corrected chi connectivity index (χ3v) is 4.70. The lowest BCUT2D eigenvalue weighted by atomic mass is 10.2. The number of hydrogen-bond acceptors (Lipinski definition) is 5. The molecule has 0 bridgehead atoms. The van der Waals surface area contributed by atoms with Gasteiger partial charge in [0.2, 0.25) is 0 Å². The van der Waals surface area contributed by atoms with Crippen LogP contribution < -0.4 is 10.1 Å². The molecule has 6 nitrogen and oxygen atoms in total. The summed E-state index contributed by atoms with van der Waals surface area (Å²) in [6, 6.07) is 8.15. The van der Waals surface area contributed by atoms with Crippen LogP contribution in [0.5, 0.6) is 5.75 Å². The maximum Gasteiger partial charge on any atom is 0.194 e. The van der Waals surface area contributed by atoms with Crippen LogP contribution in [0.4, 0.5) is 0 Å². The smallest absolute Gasteiger partial charge is 0.194 e. The minimum absolute atomic E-state index is 0. The lowest BCUT2D eigenvalue weighted by Crippen LogP contribution is -2.38. The average Bonchev–Trinajstić information content (AvgIpc) is 3.03. The molecule has 0 aliphatic rings. The van der Waals surface area contributed by atoms with Gasteiger partial charge in [-0.1, -0.05) is 12.1 Å². The van der Waals surface area contributed by atoms with Crippen molar-refractivity contribution in [2.75, 3.05) is 40.8 Å². The van der Waals surface area contributed by atoms with Gasteiger partial charge in [0.1, 0.15) is 12.4 Å². The fourth-order valence-electron chi connectivity index (χ4n) is 2.51. The molecule has 2 rings (SSSR count). The summed E-state index contributed by atoms with van der Waals surface area (Å²) in [5, 5.41) is 6.55. The highest BCUT2D eigenvalue weighted by molar-refractivity contribution is 14.0. The molecule has 0 unspecified atom stereocenters. The van der Waals surface area contributed by atoms with Gasteiger partial charge in [-0.25, -0.2) is 9.98 Å². The Morgan fingerprint density at radius 2 is 2.07 bits per heavy atom. The lowest BCUT2D eigenvalue weighted by Gasteiger charge is -2.21. The first kappa shape index (κ1) is 24.6. The van der Waals surface area contributed by atoms with E-state index in [1.54, 1.807) is 11.3 Å². The highest BCUT2D eigenvalue weighted by Gasteiger charge is 2.08. The number of hydrogen-bond donors (Lipinski definition) is 1.